The molecule has 723 valence electrons. The van der Waals surface area contributed by atoms with Gasteiger partial charge in [0.1, 0.15) is 19.6 Å². The molecule has 2 N–H and O–H groups in total. The number of carbonyl (C=O) groups excluding carboxylic acids is 2. The van der Waals surface area contributed by atoms with E-state index >= 15 is 0 Å². The van der Waals surface area contributed by atoms with E-state index < -0.39 is 45.8 Å². The third-order valence-corrected chi connectivity index (χ3v) is 30.1. The predicted octanol–water partition coefficient (Wildman–Crippen LogP) is 28.4. The Morgan fingerprint density at radius 2 is 1.21 bits per heavy atom. The van der Waals surface area contributed by atoms with E-state index in [2.05, 4.69) is 300 Å². The Morgan fingerprint density at radius 1 is 0.560 bits per heavy atom. The minimum Gasteiger partial charge on any atom is 0 e. The smallest absolute Gasteiger partial charge is 0 e. The van der Waals surface area contributed by atoms with Gasteiger partial charge in [0.2, 0.25) is 0 Å². The first-order chi connectivity index (χ1) is 71.5. The van der Waals surface area contributed by atoms with E-state index in [1.54, 1.807) is 4.40 Å². The fraction of sp³-hybridized carbons (Fsp3) is 0.210. The molecular weight excluding hydrogens is 2340 g/mol. The molecule has 18 aromatic rings. The second-order valence-electron chi connectivity index (χ2n) is 37.7. The monoisotopic (exact) mass is 2480 g/mol. The zero-order valence-electron chi connectivity index (χ0n) is 96.3. The van der Waals surface area contributed by atoms with Crippen LogP contribution in [0, 0.1) is 73.0 Å². The van der Waals surface area contributed by atoms with Gasteiger partial charge < -0.3 is 25.2 Å². The summed E-state index contributed by atoms with van der Waals surface area (Å²) in [5.74, 6) is 8.39. The number of aryl methyl sites for hydroxylation is 4. The molecular formula is C124H126GeIr3N8O4Si-2. The number of imidazole rings is 1. The maximum atomic E-state index is 10.0. The molecule has 141 heavy (non-hydrogen) atoms. The van der Waals surface area contributed by atoms with Crippen LogP contribution in [-0.4, -0.2) is 72.6 Å². The number of carbonyl (C=O) groups is 2. The molecule has 12 nitrogen and oxygen atoms in total. The molecule has 2 aliphatic heterocycles. The molecule has 0 bridgehead atoms. The van der Waals surface area contributed by atoms with Crippen molar-refractivity contribution in [2.45, 2.75) is 172 Å². The fourth-order valence-corrected chi connectivity index (χ4v) is 21.3. The van der Waals surface area contributed by atoms with Crippen LogP contribution in [0.4, 0.5) is 0 Å². The van der Waals surface area contributed by atoms with Gasteiger partial charge in [-0.25, -0.2) is 4.57 Å². The Balaban J connectivity index is 0.000000174. The van der Waals surface area contributed by atoms with Crippen molar-refractivity contribution in [2.24, 2.45) is 0 Å². The zero-order valence-corrected chi connectivity index (χ0v) is 93.6. The molecule has 21 rings (SSSR count). The molecule has 17 heteroatoms. The van der Waals surface area contributed by atoms with Gasteiger partial charge in [-0.2, -0.15) is 22.5 Å². The van der Waals surface area contributed by atoms with E-state index in [-0.39, 0.29) is 189 Å². The molecule has 0 saturated carbocycles. The fourth-order valence-electron chi connectivity index (χ4n) is 17.3. The number of fused-ring (bicyclic) bond motifs is 10. The molecule has 7 aromatic heterocycles. The van der Waals surface area contributed by atoms with Gasteiger partial charge in [0.05, 0.1) is 48.7 Å². The summed E-state index contributed by atoms with van der Waals surface area (Å²) in [6.45, 7) is 31.1. The summed E-state index contributed by atoms with van der Waals surface area (Å²) in [4.78, 5) is 42.8. The van der Waals surface area contributed by atoms with Gasteiger partial charge >= 0.3 is 105 Å². The average Bonchev–Trinajstić information content (AvgIpc) is 1.50. The van der Waals surface area contributed by atoms with Gasteiger partial charge in [0.15, 0.2) is 17.3 Å². The van der Waals surface area contributed by atoms with Crippen molar-refractivity contribution in [1.29, 1.82) is 0 Å². The van der Waals surface area contributed by atoms with E-state index in [9.17, 15) is 11.0 Å². The van der Waals surface area contributed by atoms with Gasteiger partial charge in [-0.15, -0.1) is 124 Å². The van der Waals surface area contributed by atoms with E-state index in [1.165, 1.54) is 151 Å². The number of aliphatic hydroxyl groups excluding tert-OH is 2. The summed E-state index contributed by atoms with van der Waals surface area (Å²) in [6, 6.07) is 81.0. The van der Waals surface area contributed by atoms with Crippen LogP contribution in [0.15, 0.2) is 334 Å². The Labute approximate surface area is 896 Å². The molecule has 1 aliphatic carbocycles. The molecule has 3 aliphatic rings. The van der Waals surface area contributed by atoms with Crippen LogP contribution in [0.3, 0.4) is 0 Å². The normalized spacial score (nSPS) is 13.6. The Morgan fingerprint density at radius 3 is 1.84 bits per heavy atom. The average molecular weight is 2480 g/mol. The molecule has 1 atom stereocenters. The number of rotatable bonds is 12. The molecule has 9 heterocycles. The Kier molecular flexibility index (Phi) is 31.5. The van der Waals surface area contributed by atoms with Crippen molar-refractivity contribution < 1.29 is 107 Å². The first-order valence-corrected chi connectivity index (χ1v) is 57.4. The SMILES string of the molecule is CC(=O)C=C(C)O.CC(=O)C=C(C)O.C[Si](C)(C)c1cc(-c2[c-]cccc2)ncc1-c1ccccc1.Cc1[c-]c(-c2nccc3c(C(C)C)cc(C(C)C)cc23)cc(C)c1.Cc1cccnc1-c1[c-]cccc1.Cc1cnc(C2[CH-]c3ccccc3-c3ccccc32)cn1.[2H]c1c([2H])c(C)c(-c2c([2H])n3c4c5c(c([2H])c([2H])c([2H])c5c5c([2H])c(C)c([2H])c([2H])c5[n+]24)C3)c(C([2H])([2H])[2H])c1[2H].[CH3][Ge]([CH3])([CH3])[c]1ccc2[n+](c1)Cc1ccccc1-2.[Ir].[Ir].[Ir]. The van der Waals surface area contributed by atoms with Crippen molar-refractivity contribution >= 4 is 80.6 Å². The summed E-state index contributed by atoms with van der Waals surface area (Å²) in [7, 11) is -1.48. The molecule has 3 radical (unpaired) electrons. The van der Waals surface area contributed by atoms with Crippen molar-refractivity contribution in [3.63, 3.8) is 0 Å². The summed E-state index contributed by atoms with van der Waals surface area (Å²) >= 11 is -1.70. The Hall–Kier alpha value is -12.4. The third kappa shape index (κ3) is 26.7. The van der Waals surface area contributed by atoms with Crippen LogP contribution in [0.25, 0.3) is 117 Å². The molecule has 11 aromatic carbocycles. The minimum absolute atomic E-state index is 0. The summed E-state index contributed by atoms with van der Waals surface area (Å²) in [5.41, 5.74) is 26.5. The van der Waals surface area contributed by atoms with Crippen molar-refractivity contribution in [3.05, 3.63) is 436 Å². The van der Waals surface area contributed by atoms with E-state index in [1.807, 2.05) is 86.4 Å². The summed E-state index contributed by atoms with van der Waals surface area (Å²) < 4.78 is 118. The van der Waals surface area contributed by atoms with Crippen LogP contribution in [0.5, 0.6) is 0 Å². The second-order valence-corrected chi connectivity index (χ2v) is 53.4. The van der Waals surface area contributed by atoms with Gasteiger partial charge in [-0.1, -0.05) is 216 Å². The van der Waals surface area contributed by atoms with E-state index in [4.69, 9.17) is 36.6 Å². The molecule has 0 saturated heterocycles. The molecule has 0 amide bonds. The van der Waals surface area contributed by atoms with Crippen LogP contribution in [-0.2, 0) is 83.0 Å². The number of benzene rings is 11. The van der Waals surface area contributed by atoms with Gasteiger partial charge in [-0.05, 0) is 160 Å². The first-order valence-electron chi connectivity index (χ1n) is 53.0. The number of hydrogen-bond acceptors (Lipinski definition) is 9. The van der Waals surface area contributed by atoms with Crippen molar-refractivity contribution in [1.82, 2.24) is 29.5 Å². The van der Waals surface area contributed by atoms with Gasteiger partial charge in [0.25, 0.3) is 5.65 Å². The van der Waals surface area contributed by atoms with Crippen LogP contribution < -0.4 is 18.6 Å². The van der Waals surface area contributed by atoms with Gasteiger partial charge in [0, 0.05) is 135 Å². The van der Waals surface area contributed by atoms with Crippen molar-refractivity contribution in [3.8, 4) is 78.5 Å². The van der Waals surface area contributed by atoms with Crippen LogP contribution in [0.2, 0.25) is 36.9 Å². The largest absolute Gasteiger partial charge is 0 e. The quantitative estimate of drug-likeness (QED) is 0.0304. The number of ketones is 2. The summed E-state index contributed by atoms with van der Waals surface area (Å²) in [6.07, 6.45) is 16.2. The molecule has 0 spiro atoms. The topological polar surface area (TPSA) is 152 Å². The first kappa shape index (κ1) is 91.1. The van der Waals surface area contributed by atoms with Crippen LogP contribution in [0.1, 0.15) is 169 Å². The van der Waals surface area contributed by atoms with Crippen molar-refractivity contribution in [2.75, 3.05) is 0 Å². The number of pyridine rings is 5. The van der Waals surface area contributed by atoms with E-state index in [0.29, 0.717) is 22.8 Å². The Bertz CT molecular complexity index is 8260. The third-order valence-electron chi connectivity index (χ3n) is 23.9. The van der Waals surface area contributed by atoms with Crippen LogP contribution >= 0.6 is 0 Å². The number of hydrogen-bond donors (Lipinski definition) is 2. The molecule has 1 unspecified atom stereocenters. The number of aliphatic hydroxyl groups is 2. The second kappa shape index (κ2) is 48.8. The molecule has 0 fully saturated rings. The standard InChI is InChI=1S/C25H21N2.C23H26N.C20H20NSi.C19H15N2.C15H18GeN.C12H10N.2C5H8O2.3Ir/c1-15-10-11-21-20(12-15)19-9-5-8-18-13-26-14-22(27(21)25(26)24(18)19)23-16(2)6-4-7-17(23)3;1-14(2)18-12-21(15(3)4)20-7-8-24-23(22(20)13-18)19-10-16(5)9-17(6)11-19;1-22(2,3)20-14-19(17-12-8-5-9-13-17)21-15-18(20)16-10-6-4-7-11-16;1-13-11-21-19(12-20-13)18-10-14-6-2-3-7-15(14)16-8-4-5-9-17(16)18;1-16(2,3)13-8-9-15-14-7-5-4-6-12(14)10-17(15)11-13;1-10-6-5-9-13-12(10)11-7-3-2-4-8-11;2*1-4(6)3-5(2)7;;;/h4-12,14H,13H2,1-3H3;7-10,12-15H,1-6H3;4-12,14-15H,1-3H3;2-12,18H,1H3;4-9,11H,10H2,1-3H3;2-7,9H,1H3;2*3,6H,1-2H3;;;/q+1;3*-1;+1;-1;;;;;/i2D3,4D,5D,6D,7D,8D,9D,10D,11D,12D,14D;;;;;;;;;;. The van der Waals surface area contributed by atoms with E-state index in [0.717, 1.165) is 57.3 Å². The predicted molar refractivity (Wildman–Crippen MR) is 577 cm³/mol. The maximum absolute atomic E-state index is 10.0. The summed E-state index contributed by atoms with van der Waals surface area (Å²) in [5, 5.41) is 21.3. The number of nitrogens with zero attached hydrogens (tertiary/aromatic N) is 8. The van der Waals surface area contributed by atoms with Gasteiger partial charge in [-0.3, -0.25) is 19.6 Å². The number of aromatic nitrogens is 8. The zero-order chi connectivity index (χ0) is 110. The minimum atomic E-state index is -2.91. The number of allylic oxidation sites excluding steroid dienone is 4. The maximum Gasteiger partial charge on any atom is 0 e.